The number of carbonyl (C=O) groups is 1. The second kappa shape index (κ2) is 12.0. The summed E-state index contributed by atoms with van der Waals surface area (Å²) < 4.78 is 27.4. The molecule has 1 fully saturated rings. The molecule has 1 amide bonds. The van der Waals surface area contributed by atoms with Gasteiger partial charge in [-0.3, -0.25) is 15.0 Å². The smallest absolute Gasteiger partial charge is 0.260 e. The van der Waals surface area contributed by atoms with Crippen molar-refractivity contribution in [3.05, 3.63) is 102 Å². The molecule has 0 radical (unpaired) electrons. The maximum absolute atomic E-state index is 14.2. The highest BCUT2D eigenvalue weighted by molar-refractivity contribution is 6.03. The predicted octanol–water partition coefficient (Wildman–Crippen LogP) is 4.78. The van der Waals surface area contributed by atoms with Gasteiger partial charge in [0.25, 0.3) is 5.91 Å². The van der Waals surface area contributed by atoms with Gasteiger partial charge in [0.05, 0.1) is 30.2 Å². The highest BCUT2D eigenvalue weighted by atomic mass is 19.1. The lowest BCUT2D eigenvalue weighted by molar-refractivity contribution is 0.0322. The average Bonchev–Trinajstić information content (AvgIpc) is 3.24. The Morgan fingerprint density at radius 1 is 1.00 bits per heavy atom. The number of ether oxygens (including phenoxy) is 2. The van der Waals surface area contributed by atoms with Crippen LogP contribution in [0.4, 0.5) is 10.3 Å². The molecule has 7 nitrogen and oxygen atoms in total. The minimum Gasteiger partial charge on any atom is -0.492 e. The van der Waals surface area contributed by atoms with E-state index in [2.05, 4.69) is 10.2 Å². The van der Waals surface area contributed by atoms with Crippen molar-refractivity contribution in [3.8, 4) is 17.0 Å². The van der Waals surface area contributed by atoms with E-state index in [1.54, 1.807) is 12.1 Å². The minimum atomic E-state index is -0.576. The van der Waals surface area contributed by atoms with Gasteiger partial charge in [-0.2, -0.15) is 0 Å². The number of hydrogen-bond donors (Lipinski definition) is 1. The standard InChI is InChI=1S/C30H31FN4O3/c1-34-28(23-11-13-24(14-12-23)38-20-17-35-15-18-37-19-16-35)27(21-22-7-3-2-4-8-22)32-30(34)33-29(36)25-9-5-6-10-26(25)31/h2-14H,15-21H2,1H3,(H,32,33,36). The molecule has 8 heteroatoms. The SMILES string of the molecule is Cn1c(NC(=O)c2ccccc2F)nc(Cc2ccccc2)c1-c1ccc(OCCN2CCOCC2)cc1. The molecule has 0 bridgehead atoms. The Balaban J connectivity index is 1.37. The summed E-state index contributed by atoms with van der Waals surface area (Å²) in [7, 11) is 1.85. The van der Waals surface area contributed by atoms with Crippen LogP contribution in [0.5, 0.6) is 5.75 Å². The Morgan fingerprint density at radius 2 is 1.71 bits per heavy atom. The third kappa shape index (κ3) is 6.10. The Bertz CT molecular complexity index is 1370. The number of halogens is 1. The van der Waals surface area contributed by atoms with Gasteiger partial charge in [0.1, 0.15) is 18.2 Å². The lowest BCUT2D eigenvalue weighted by Gasteiger charge is -2.26. The summed E-state index contributed by atoms with van der Waals surface area (Å²) in [6, 6.07) is 23.8. The number of aromatic nitrogens is 2. The number of benzene rings is 3. The number of amides is 1. The van der Waals surface area contributed by atoms with Crippen molar-refractivity contribution < 1.29 is 18.7 Å². The van der Waals surface area contributed by atoms with E-state index in [1.807, 2.05) is 66.2 Å². The van der Waals surface area contributed by atoms with Crippen LogP contribution < -0.4 is 10.1 Å². The van der Waals surface area contributed by atoms with E-state index >= 15 is 0 Å². The molecular formula is C30H31FN4O3. The zero-order valence-corrected chi connectivity index (χ0v) is 21.4. The van der Waals surface area contributed by atoms with Gasteiger partial charge in [-0.15, -0.1) is 0 Å². The summed E-state index contributed by atoms with van der Waals surface area (Å²) in [6.07, 6.45) is 0.581. The van der Waals surface area contributed by atoms with Crippen LogP contribution in [0.25, 0.3) is 11.3 Å². The third-order valence-corrected chi connectivity index (χ3v) is 6.63. The van der Waals surface area contributed by atoms with E-state index < -0.39 is 11.7 Å². The molecule has 38 heavy (non-hydrogen) atoms. The highest BCUT2D eigenvalue weighted by Gasteiger charge is 2.20. The Labute approximate surface area is 221 Å². The second-order valence-corrected chi connectivity index (χ2v) is 9.21. The summed E-state index contributed by atoms with van der Waals surface area (Å²) in [5, 5.41) is 2.79. The van der Waals surface area contributed by atoms with Gasteiger partial charge < -0.3 is 14.0 Å². The van der Waals surface area contributed by atoms with Gasteiger partial charge in [0.2, 0.25) is 5.95 Å². The van der Waals surface area contributed by atoms with Crippen LogP contribution in [0.1, 0.15) is 21.6 Å². The van der Waals surface area contributed by atoms with Crippen LogP contribution in [0, 0.1) is 5.82 Å². The van der Waals surface area contributed by atoms with E-state index in [4.69, 9.17) is 14.5 Å². The molecule has 1 N–H and O–H groups in total. The number of rotatable bonds is 9. The number of carbonyl (C=O) groups excluding carboxylic acids is 1. The Morgan fingerprint density at radius 3 is 2.45 bits per heavy atom. The van der Waals surface area contributed by atoms with Gasteiger partial charge in [-0.05, 0) is 42.0 Å². The van der Waals surface area contributed by atoms with Crippen molar-refractivity contribution in [3.63, 3.8) is 0 Å². The van der Waals surface area contributed by atoms with Crippen molar-refractivity contribution in [2.75, 3.05) is 44.8 Å². The topological polar surface area (TPSA) is 68.6 Å². The molecule has 1 aromatic heterocycles. The van der Waals surface area contributed by atoms with Crippen LogP contribution in [-0.2, 0) is 18.2 Å². The van der Waals surface area contributed by atoms with Gasteiger partial charge in [-0.1, -0.05) is 42.5 Å². The monoisotopic (exact) mass is 514 g/mol. The van der Waals surface area contributed by atoms with Crippen LogP contribution in [0.3, 0.4) is 0 Å². The Kier molecular flexibility index (Phi) is 8.11. The third-order valence-electron chi connectivity index (χ3n) is 6.63. The maximum atomic E-state index is 14.2. The lowest BCUT2D eigenvalue weighted by Crippen LogP contribution is -2.38. The molecule has 0 saturated carbocycles. The zero-order valence-electron chi connectivity index (χ0n) is 21.4. The number of hydrogen-bond acceptors (Lipinski definition) is 5. The number of nitrogens with zero attached hydrogens (tertiary/aromatic N) is 3. The molecule has 4 aromatic rings. The normalized spacial score (nSPS) is 13.8. The number of anilines is 1. The first-order valence-corrected chi connectivity index (χ1v) is 12.8. The Hall–Kier alpha value is -4.01. The van der Waals surface area contributed by atoms with Gasteiger partial charge in [0, 0.05) is 38.7 Å². The second-order valence-electron chi connectivity index (χ2n) is 9.21. The number of morpholine rings is 1. The fraction of sp³-hybridized carbons (Fsp3) is 0.267. The quantitative estimate of drug-likeness (QED) is 0.348. The van der Waals surface area contributed by atoms with Crippen molar-refractivity contribution in [1.29, 1.82) is 0 Å². The highest BCUT2D eigenvalue weighted by Crippen LogP contribution is 2.30. The summed E-state index contributed by atoms with van der Waals surface area (Å²) >= 11 is 0. The van der Waals surface area contributed by atoms with Gasteiger partial charge in [-0.25, -0.2) is 9.37 Å². The van der Waals surface area contributed by atoms with Crippen LogP contribution in [-0.4, -0.2) is 59.8 Å². The molecule has 0 unspecified atom stereocenters. The molecule has 0 aliphatic carbocycles. The summed E-state index contributed by atoms with van der Waals surface area (Å²) in [5.41, 5.74) is 3.70. The molecule has 2 heterocycles. The van der Waals surface area contributed by atoms with Gasteiger partial charge in [0.15, 0.2) is 0 Å². The summed E-state index contributed by atoms with van der Waals surface area (Å²) in [5.74, 6) is 0.0260. The van der Waals surface area contributed by atoms with E-state index in [-0.39, 0.29) is 5.56 Å². The fourth-order valence-electron chi connectivity index (χ4n) is 4.58. The van der Waals surface area contributed by atoms with Crippen molar-refractivity contribution in [2.45, 2.75) is 6.42 Å². The predicted molar refractivity (Wildman–Crippen MR) is 145 cm³/mol. The summed E-state index contributed by atoms with van der Waals surface area (Å²) in [4.78, 5) is 19.9. The van der Waals surface area contributed by atoms with Crippen LogP contribution >= 0.6 is 0 Å². The minimum absolute atomic E-state index is 0.0276. The van der Waals surface area contributed by atoms with Crippen molar-refractivity contribution in [2.24, 2.45) is 7.05 Å². The van der Waals surface area contributed by atoms with Crippen molar-refractivity contribution in [1.82, 2.24) is 14.5 Å². The number of nitrogens with one attached hydrogen (secondary N) is 1. The van der Waals surface area contributed by atoms with Crippen LogP contribution in [0.2, 0.25) is 0 Å². The largest absolute Gasteiger partial charge is 0.492 e. The fourth-order valence-corrected chi connectivity index (χ4v) is 4.58. The lowest BCUT2D eigenvalue weighted by atomic mass is 10.0. The molecule has 196 valence electrons. The molecular weight excluding hydrogens is 483 g/mol. The molecule has 3 aromatic carbocycles. The summed E-state index contributed by atoms with van der Waals surface area (Å²) in [6.45, 7) is 4.88. The average molecular weight is 515 g/mol. The molecule has 1 saturated heterocycles. The molecule has 5 rings (SSSR count). The zero-order chi connectivity index (χ0) is 26.3. The van der Waals surface area contributed by atoms with E-state index in [1.165, 1.54) is 12.1 Å². The van der Waals surface area contributed by atoms with E-state index in [0.29, 0.717) is 19.0 Å². The van der Waals surface area contributed by atoms with E-state index in [9.17, 15) is 9.18 Å². The number of imidazole rings is 1. The molecule has 0 spiro atoms. The molecule has 0 atom stereocenters. The van der Waals surface area contributed by atoms with E-state index in [0.717, 1.165) is 61.1 Å². The first-order chi connectivity index (χ1) is 18.6. The van der Waals surface area contributed by atoms with Crippen LogP contribution in [0.15, 0.2) is 78.9 Å². The maximum Gasteiger partial charge on any atom is 0.260 e. The van der Waals surface area contributed by atoms with Crippen molar-refractivity contribution >= 4 is 11.9 Å². The first-order valence-electron chi connectivity index (χ1n) is 12.8. The first kappa shape index (κ1) is 25.6. The molecule has 1 aliphatic rings. The van der Waals surface area contributed by atoms with Gasteiger partial charge >= 0.3 is 0 Å². The molecule has 1 aliphatic heterocycles.